The fraction of sp³-hybridized carbons (Fsp3) is 0. The largest absolute Gasteiger partial charge is 0.478 e. The molecule has 0 aliphatic rings. The van der Waals surface area contributed by atoms with E-state index in [9.17, 15) is 14.0 Å². The molecule has 21 heavy (non-hydrogen) atoms. The summed E-state index contributed by atoms with van der Waals surface area (Å²) in [7, 11) is 0. The van der Waals surface area contributed by atoms with Crippen molar-refractivity contribution in [2.45, 2.75) is 0 Å². The van der Waals surface area contributed by atoms with E-state index in [4.69, 9.17) is 5.11 Å². The van der Waals surface area contributed by atoms with Crippen molar-refractivity contribution in [1.29, 1.82) is 0 Å². The lowest BCUT2D eigenvalue weighted by Gasteiger charge is -2.03. The number of aromatic carboxylic acids is 1. The number of hydrogen-bond donors (Lipinski definition) is 2. The number of carboxylic acids is 1. The van der Waals surface area contributed by atoms with Gasteiger partial charge in [-0.25, -0.2) is 9.18 Å². The highest BCUT2D eigenvalue weighted by atomic mass is 19.1. The van der Waals surface area contributed by atoms with E-state index in [1.54, 1.807) is 24.3 Å². The van der Waals surface area contributed by atoms with E-state index in [0.29, 0.717) is 5.56 Å². The van der Waals surface area contributed by atoms with Crippen molar-refractivity contribution >= 4 is 17.6 Å². The van der Waals surface area contributed by atoms with Crippen LogP contribution in [0.2, 0.25) is 0 Å². The van der Waals surface area contributed by atoms with Crippen molar-refractivity contribution < 1.29 is 19.1 Å². The van der Waals surface area contributed by atoms with Crippen molar-refractivity contribution in [2.24, 2.45) is 0 Å². The number of nitrogens with one attached hydrogen (secondary N) is 1. The summed E-state index contributed by atoms with van der Waals surface area (Å²) in [5, 5.41) is 11.2. The Bertz CT molecular complexity index is 745. The van der Waals surface area contributed by atoms with E-state index in [2.05, 4.69) is 17.2 Å². The second-order valence-corrected chi connectivity index (χ2v) is 4.07. The van der Waals surface area contributed by atoms with Gasteiger partial charge in [0.1, 0.15) is 5.82 Å². The molecule has 5 heteroatoms. The summed E-state index contributed by atoms with van der Waals surface area (Å²) in [6.07, 6.45) is 0. The Balaban J connectivity index is 2.12. The van der Waals surface area contributed by atoms with E-state index >= 15 is 0 Å². The van der Waals surface area contributed by atoms with Crippen molar-refractivity contribution in [3.63, 3.8) is 0 Å². The molecule has 2 N–H and O–H groups in total. The van der Waals surface area contributed by atoms with E-state index < -0.39 is 23.3 Å². The quantitative estimate of drug-likeness (QED) is 0.832. The average molecular weight is 283 g/mol. The van der Waals surface area contributed by atoms with Gasteiger partial charge in [0.25, 0.3) is 0 Å². The van der Waals surface area contributed by atoms with Gasteiger partial charge in [-0.05, 0) is 30.3 Å². The zero-order chi connectivity index (χ0) is 15.2. The van der Waals surface area contributed by atoms with Gasteiger partial charge in [0, 0.05) is 17.2 Å². The second-order valence-electron chi connectivity index (χ2n) is 4.07. The molecule has 2 aromatic rings. The Morgan fingerprint density at radius 2 is 1.81 bits per heavy atom. The number of rotatable bonds is 2. The van der Waals surface area contributed by atoms with Crippen LogP contribution in [0.25, 0.3) is 0 Å². The van der Waals surface area contributed by atoms with Crippen LogP contribution in [0.4, 0.5) is 10.1 Å². The van der Waals surface area contributed by atoms with E-state index in [1.807, 2.05) is 6.07 Å². The number of carbonyl (C=O) groups is 2. The summed E-state index contributed by atoms with van der Waals surface area (Å²) in [5.74, 6) is 2.15. The van der Waals surface area contributed by atoms with Crippen LogP contribution in [-0.2, 0) is 4.79 Å². The second kappa shape index (κ2) is 6.35. The Morgan fingerprint density at radius 3 is 2.48 bits per heavy atom. The van der Waals surface area contributed by atoms with Crippen LogP contribution in [0.3, 0.4) is 0 Å². The normalized spacial score (nSPS) is 9.38. The molecule has 0 heterocycles. The molecule has 2 aromatic carbocycles. The first kappa shape index (κ1) is 14.3. The lowest BCUT2D eigenvalue weighted by molar-refractivity contribution is -0.111. The maximum Gasteiger partial charge on any atom is 0.338 e. The molecule has 4 nitrogen and oxygen atoms in total. The van der Waals surface area contributed by atoms with E-state index in [1.165, 1.54) is 6.07 Å². The number of halogens is 1. The van der Waals surface area contributed by atoms with Crippen molar-refractivity contribution in [3.8, 4) is 11.8 Å². The summed E-state index contributed by atoms with van der Waals surface area (Å²) >= 11 is 0. The number of benzene rings is 2. The molecule has 0 bridgehead atoms. The van der Waals surface area contributed by atoms with Crippen molar-refractivity contribution in [1.82, 2.24) is 0 Å². The molecular formula is C16H10FNO3. The first-order valence-corrected chi connectivity index (χ1v) is 5.97. The fourth-order valence-corrected chi connectivity index (χ4v) is 1.58. The van der Waals surface area contributed by atoms with Gasteiger partial charge in [0.15, 0.2) is 0 Å². The summed E-state index contributed by atoms with van der Waals surface area (Å²) in [5.41, 5.74) is 0.336. The number of anilines is 1. The molecule has 0 fully saturated rings. The lowest BCUT2D eigenvalue weighted by Crippen LogP contribution is -2.10. The molecule has 104 valence electrons. The molecule has 2 rings (SSSR count). The number of carbonyl (C=O) groups excluding carboxylic acids is 1. The van der Waals surface area contributed by atoms with Crippen LogP contribution < -0.4 is 5.32 Å². The number of hydrogen-bond acceptors (Lipinski definition) is 2. The number of carboxylic acid groups (broad SMARTS) is 1. The Morgan fingerprint density at radius 1 is 1.10 bits per heavy atom. The lowest BCUT2D eigenvalue weighted by atomic mass is 10.2. The highest BCUT2D eigenvalue weighted by Gasteiger charge is 2.11. The third kappa shape index (κ3) is 3.91. The molecule has 0 spiro atoms. The highest BCUT2D eigenvalue weighted by molar-refractivity contribution is 6.04. The average Bonchev–Trinajstić information content (AvgIpc) is 2.48. The van der Waals surface area contributed by atoms with Gasteiger partial charge in [-0.3, -0.25) is 4.79 Å². The van der Waals surface area contributed by atoms with Gasteiger partial charge in [0.2, 0.25) is 0 Å². The maximum absolute atomic E-state index is 13.2. The van der Waals surface area contributed by atoms with Gasteiger partial charge >= 0.3 is 11.9 Å². The zero-order valence-electron chi connectivity index (χ0n) is 10.8. The molecular weight excluding hydrogens is 273 g/mol. The molecule has 0 aromatic heterocycles. The first-order valence-electron chi connectivity index (χ1n) is 5.97. The first-order chi connectivity index (χ1) is 10.1. The minimum absolute atomic E-state index is 0.168. The summed E-state index contributed by atoms with van der Waals surface area (Å²) < 4.78 is 13.2. The molecule has 0 aliphatic carbocycles. The van der Waals surface area contributed by atoms with E-state index in [0.717, 1.165) is 12.1 Å². The third-order valence-electron chi connectivity index (χ3n) is 2.55. The number of amides is 1. The predicted molar refractivity (Wildman–Crippen MR) is 75.3 cm³/mol. The highest BCUT2D eigenvalue weighted by Crippen LogP contribution is 2.14. The smallest absolute Gasteiger partial charge is 0.338 e. The predicted octanol–water partition coefficient (Wildman–Crippen LogP) is 2.51. The monoisotopic (exact) mass is 283 g/mol. The topological polar surface area (TPSA) is 66.4 Å². The summed E-state index contributed by atoms with van der Waals surface area (Å²) in [6, 6.07) is 12.2. The molecule has 0 saturated carbocycles. The van der Waals surface area contributed by atoms with Gasteiger partial charge in [-0.1, -0.05) is 24.1 Å². The van der Waals surface area contributed by atoms with Crippen LogP contribution in [0.1, 0.15) is 15.9 Å². The fourth-order valence-electron chi connectivity index (χ4n) is 1.58. The molecule has 0 radical (unpaired) electrons. The minimum atomic E-state index is -1.40. The molecule has 0 saturated heterocycles. The standard InChI is InChI=1S/C16H10FNO3/c17-14-8-7-12(10-13(14)16(20)21)18-15(19)9-6-11-4-2-1-3-5-11/h1-5,7-8,10H,(H,18,19)(H,20,21). The molecule has 0 atom stereocenters. The Kier molecular flexibility index (Phi) is 4.32. The van der Waals surface area contributed by atoms with Crippen molar-refractivity contribution in [3.05, 3.63) is 65.5 Å². The Hall–Kier alpha value is -3.13. The van der Waals surface area contributed by atoms with Gasteiger partial charge in [-0.2, -0.15) is 0 Å². The summed E-state index contributed by atoms with van der Waals surface area (Å²) in [4.78, 5) is 22.4. The third-order valence-corrected chi connectivity index (χ3v) is 2.55. The Labute approximate surface area is 120 Å². The maximum atomic E-state index is 13.2. The molecule has 1 amide bonds. The van der Waals surface area contributed by atoms with Crippen LogP contribution in [0, 0.1) is 17.7 Å². The zero-order valence-corrected chi connectivity index (χ0v) is 10.8. The van der Waals surface area contributed by atoms with E-state index in [-0.39, 0.29) is 5.69 Å². The van der Waals surface area contributed by atoms with Gasteiger partial charge < -0.3 is 10.4 Å². The molecule has 0 aliphatic heterocycles. The van der Waals surface area contributed by atoms with Crippen LogP contribution in [0.15, 0.2) is 48.5 Å². The van der Waals surface area contributed by atoms with Gasteiger partial charge in [-0.15, -0.1) is 0 Å². The molecule has 0 unspecified atom stereocenters. The van der Waals surface area contributed by atoms with Crippen LogP contribution in [-0.4, -0.2) is 17.0 Å². The van der Waals surface area contributed by atoms with Crippen molar-refractivity contribution in [2.75, 3.05) is 5.32 Å². The minimum Gasteiger partial charge on any atom is -0.478 e. The van der Waals surface area contributed by atoms with Crippen LogP contribution >= 0.6 is 0 Å². The van der Waals surface area contributed by atoms with Gasteiger partial charge in [0.05, 0.1) is 5.56 Å². The summed E-state index contributed by atoms with van der Waals surface area (Å²) in [6.45, 7) is 0. The van der Waals surface area contributed by atoms with Crippen LogP contribution in [0.5, 0.6) is 0 Å². The SMILES string of the molecule is O=C(C#Cc1ccccc1)Nc1ccc(F)c(C(=O)O)c1.